The lowest BCUT2D eigenvalue weighted by atomic mass is 10.0. The van der Waals surface area contributed by atoms with E-state index < -0.39 is 0 Å². The van der Waals surface area contributed by atoms with Gasteiger partial charge in [0.05, 0.1) is 17.6 Å². The van der Waals surface area contributed by atoms with E-state index in [4.69, 9.17) is 5.10 Å². The molecule has 5 aromatic rings. The number of hydrogen-bond donors (Lipinski definition) is 0. The minimum Gasteiger partial charge on any atom is -0.297 e. The molecule has 1 aliphatic heterocycles. The van der Waals surface area contributed by atoms with Crippen LogP contribution in [0.2, 0.25) is 0 Å². The predicted molar refractivity (Wildman–Crippen MR) is 149 cm³/mol. The second kappa shape index (κ2) is 10.8. The van der Waals surface area contributed by atoms with Gasteiger partial charge in [-0.2, -0.15) is 16.4 Å². The van der Waals surface area contributed by atoms with Gasteiger partial charge in [-0.25, -0.2) is 9.07 Å². The summed E-state index contributed by atoms with van der Waals surface area (Å²) in [5, 5.41) is 9.12. The Morgan fingerprint density at radius 1 is 0.730 bits per heavy atom. The highest BCUT2D eigenvalue weighted by Crippen LogP contribution is 2.31. The van der Waals surface area contributed by atoms with E-state index in [-0.39, 0.29) is 5.82 Å². The molecule has 1 fully saturated rings. The van der Waals surface area contributed by atoms with Gasteiger partial charge in [-0.3, -0.25) is 9.80 Å². The Morgan fingerprint density at radius 3 is 2.11 bits per heavy atom. The predicted octanol–water partition coefficient (Wildman–Crippen LogP) is 6.72. The van der Waals surface area contributed by atoms with Gasteiger partial charge in [0.1, 0.15) is 5.82 Å². The number of halogens is 1. The molecule has 0 aliphatic carbocycles. The largest absolute Gasteiger partial charge is 0.297 e. The average molecular weight is 509 g/mol. The van der Waals surface area contributed by atoms with Crippen molar-refractivity contribution in [2.75, 3.05) is 26.2 Å². The van der Waals surface area contributed by atoms with Crippen LogP contribution in [-0.2, 0) is 13.1 Å². The van der Waals surface area contributed by atoms with E-state index >= 15 is 4.39 Å². The average Bonchev–Trinajstić information content (AvgIpc) is 3.61. The maximum Gasteiger partial charge on any atom is 0.132 e. The first-order valence-electron chi connectivity index (χ1n) is 12.7. The van der Waals surface area contributed by atoms with Crippen LogP contribution >= 0.6 is 11.3 Å². The topological polar surface area (TPSA) is 24.3 Å². The summed E-state index contributed by atoms with van der Waals surface area (Å²) < 4.78 is 16.9. The quantitative estimate of drug-likeness (QED) is 0.244. The number of benzene rings is 3. The molecule has 1 saturated heterocycles. The van der Waals surface area contributed by atoms with Crippen LogP contribution in [0.4, 0.5) is 4.39 Å². The summed E-state index contributed by atoms with van der Waals surface area (Å²) in [6.07, 6.45) is 1.91. The fourth-order valence-corrected chi connectivity index (χ4v) is 5.71. The van der Waals surface area contributed by atoms with E-state index in [0.29, 0.717) is 5.56 Å². The number of aromatic nitrogens is 2. The second-order valence-corrected chi connectivity index (χ2v) is 10.3. The van der Waals surface area contributed by atoms with Crippen LogP contribution in [0.5, 0.6) is 0 Å². The summed E-state index contributed by atoms with van der Waals surface area (Å²) in [6.45, 7) is 5.78. The van der Waals surface area contributed by atoms with Crippen molar-refractivity contribution in [1.82, 2.24) is 19.6 Å². The number of piperazine rings is 1. The molecule has 0 spiro atoms. The van der Waals surface area contributed by atoms with E-state index in [2.05, 4.69) is 63.0 Å². The number of thiophene rings is 1. The van der Waals surface area contributed by atoms with Crippen LogP contribution in [0.3, 0.4) is 0 Å². The summed E-state index contributed by atoms with van der Waals surface area (Å²) in [7, 11) is 0. The van der Waals surface area contributed by atoms with Crippen molar-refractivity contribution in [3.63, 3.8) is 0 Å². The van der Waals surface area contributed by atoms with Gasteiger partial charge in [0.25, 0.3) is 0 Å². The van der Waals surface area contributed by atoms with Crippen molar-refractivity contribution < 1.29 is 4.39 Å². The monoisotopic (exact) mass is 508 g/mol. The zero-order valence-corrected chi connectivity index (χ0v) is 21.4. The Balaban J connectivity index is 1.26. The first kappa shape index (κ1) is 23.8. The maximum absolute atomic E-state index is 15.1. The second-order valence-electron chi connectivity index (χ2n) is 9.51. The highest BCUT2D eigenvalue weighted by atomic mass is 32.1. The summed E-state index contributed by atoms with van der Waals surface area (Å²) in [5.74, 6) is -0.230. The molecule has 0 amide bonds. The SMILES string of the molecule is Fc1ccccc1-c1c(CN2CCN(Cc3ccsc3)CC2)cnn1-c1ccc(-c2ccccc2)cc1. The van der Waals surface area contributed by atoms with Crippen molar-refractivity contribution in [1.29, 1.82) is 0 Å². The zero-order chi connectivity index (χ0) is 25.0. The van der Waals surface area contributed by atoms with Crippen molar-refractivity contribution in [3.8, 4) is 28.1 Å². The van der Waals surface area contributed by atoms with Gasteiger partial charge in [-0.1, -0.05) is 54.6 Å². The maximum atomic E-state index is 15.1. The third-order valence-corrected chi connectivity index (χ3v) is 7.77. The Morgan fingerprint density at radius 2 is 1.41 bits per heavy atom. The lowest BCUT2D eigenvalue weighted by molar-refractivity contribution is 0.122. The molecular weight excluding hydrogens is 479 g/mol. The van der Waals surface area contributed by atoms with Crippen LogP contribution < -0.4 is 0 Å². The van der Waals surface area contributed by atoms with Gasteiger partial charge in [-0.05, 0) is 57.8 Å². The minimum atomic E-state index is -0.230. The Labute approximate surface area is 221 Å². The summed E-state index contributed by atoms with van der Waals surface area (Å²) in [6, 6.07) is 27.8. The third-order valence-electron chi connectivity index (χ3n) is 7.04. The minimum absolute atomic E-state index is 0.230. The van der Waals surface area contributed by atoms with E-state index in [1.165, 1.54) is 17.2 Å². The molecule has 4 nitrogen and oxygen atoms in total. The summed E-state index contributed by atoms with van der Waals surface area (Å²) in [5.41, 5.74) is 7.07. The van der Waals surface area contributed by atoms with E-state index in [0.717, 1.165) is 61.8 Å². The molecule has 6 rings (SSSR count). The van der Waals surface area contributed by atoms with Crippen molar-refractivity contribution in [2.45, 2.75) is 13.1 Å². The summed E-state index contributed by atoms with van der Waals surface area (Å²) >= 11 is 1.75. The van der Waals surface area contributed by atoms with Crippen LogP contribution in [-0.4, -0.2) is 45.8 Å². The first-order valence-corrected chi connectivity index (χ1v) is 13.6. The molecule has 0 N–H and O–H groups in total. The van der Waals surface area contributed by atoms with Crippen LogP contribution in [0.15, 0.2) is 102 Å². The van der Waals surface area contributed by atoms with Gasteiger partial charge in [0, 0.05) is 50.4 Å². The van der Waals surface area contributed by atoms with Crippen LogP contribution in [0.25, 0.3) is 28.1 Å². The van der Waals surface area contributed by atoms with E-state index in [1.807, 2.05) is 41.2 Å². The van der Waals surface area contributed by atoms with Crippen molar-refractivity contribution >= 4 is 11.3 Å². The summed E-state index contributed by atoms with van der Waals surface area (Å²) in [4.78, 5) is 4.96. The molecule has 37 heavy (non-hydrogen) atoms. The smallest absolute Gasteiger partial charge is 0.132 e. The van der Waals surface area contributed by atoms with Crippen molar-refractivity contribution in [3.05, 3.63) is 119 Å². The standard InChI is InChI=1S/C31H29FN4S/c32-30-9-5-4-8-29(30)31-27(22-35-17-15-34(16-18-35)21-24-14-19-37-23-24)20-33-36(31)28-12-10-26(11-13-28)25-6-2-1-3-7-25/h1-14,19-20,23H,15-18,21-22H2. The third kappa shape index (κ3) is 5.27. The molecule has 3 heterocycles. The van der Waals surface area contributed by atoms with Crippen LogP contribution in [0.1, 0.15) is 11.1 Å². The molecule has 0 saturated carbocycles. The van der Waals surface area contributed by atoms with Gasteiger partial charge in [-0.15, -0.1) is 0 Å². The molecule has 0 radical (unpaired) electrons. The fourth-order valence-electron chi connectivity index (χ4n) is 5.05. The van der Waals surface area contributed by atoms with Gasteiger partial charge in [0.2, 0.25) is 0 Å². The lowest BCUT2D eigenvalue weighted by Crippen LogP contribution is -2.45. The molecule has 6 heteroatoms. The number of hydrogen-bond acceptors (Lipinski definition) is 4. The highest BCUT2D eigenvalue weighted by molar-refractivity contribution is 7.07. The molecule has 2 aromatic heterocycles. The Kier molecular flexibility index (Phi) is 6.95. The molecule has 0 atom stereocenters. The Hall–Kier alpha value is -3.58. The molecule has 1 aliphatic rings. The van der Waals surface area contributed by atoms with E-state index in [9.17, 15) is 0 Å². The van der Waals surface area contributed by atoms with Gasteiger partial charge >= 0.3 is 0 Å². The molecule has 0 bridgehead atoms. The lowest BCUT2D eigenvalue weighted by Gasteiger charge is -2.34. The molecule has 186 valence electrons. The zero-order valence-electron chi connectivity index (χ0n) is 20.6. The number of rotatable bonds is 7. The van der Waals surface area contributed by atoms with Crippen LogP contribution in [0, 0.1) is 5.82 Å². The first-order chi connectivity index (χ1) is 18.2. The normalized spacial score (nSPS) is 14.7. The van der Waals surface area contributed by atoms with Crippen molar-refractivity contribution in [2.24, 2.45) is 0 Å². The van der Waals surface area contributed by atoms with E-state index in [1.54, 1.807) is 17.4 Å². The molecule has 0 unspecified atom stereocenters. The molecule has 3 aromatic carbocycles. The van der Waals surface area contributed by atoms with Gasteiger partial charge < -0.3 is 0 Å². The highest BCUT2D eigenvalue weighted by Gasteiger charge is 2.22. The number of nitrogens with zero attached hydrogens (tertiary/aromatic N) is 4. The fraction of sp³-hybridized carbons (Fsp3) is 0.194. The van der Waals surface area contributed by atoms with Gasteiger partial charge in [0.15, 0.2) is 0 Å². The Bertz CT molecular complexity index is 1440. The molecular formula is C31H29FN4S.